The second-order valence-corrected chi connectivity index (χ2v) is 8.78. The highest BCUT2D eigenvalue weighted by Gasteiger charge is 2.47. The van der Waals surface area contributed by atoms with E-state index in [9.17, 15) is 19.5 Å². The molecule has 2 atom stereocenters. The van der Waals surface area contributed by atoms with Gasteiger partial charge >= 0.3 is 0 Å². The monoisotopic (exact) mass is 509 g/mol. The first-order valence-electron chi connectivity index (χ1n) is 10.4. The van der Waals surface area contributed by atoms with Gasteiger partial charge in [0, 0.05) is 13.1 Å². The number of nitrogens with one attached hydrogen (secondary N) is 2. The molecule has 0 saturated carbocycles. The average Bonchev–Trinajstić information content (AvgIpc) is 3.09. The number of hydrogen-bond donors (Lipinski definition) is 3. The highest BCUT2D eigenvalue weighted by atomic mass is 35.5. The number of carbonyl (C=O) groups is 3. The number of likely N-dealkylation sites (tertiary alicyclic amines) is 1. The van der Waals surface area contributed by atoms with Gasteiger partial charge in [0.15, 0.2) is 0 Å². The van der Waals surface area contributed by atoms with Crippen molar-refractivity contribution in [1.29, 1.82) is 0 Å². The Bertz CT molecular complexity index is 1050. The summed E-state index contributed by atoms with van der Waals surface area (Å²) < 4.78 is 5.77. The summed E-state index contributed by atoms with van der Waals surface area (Å²) in [5, 5.41) is 22.3. The SMILES string of the molecule is CC1(c2ccc(OCc3cc(Cl)nc(Cl)c3)cc2)CCN(C(CCNC(=O)[O-])C(=O)NO)C1=O. The largest absolute Gasteiger partial charge is 0.530 e. The van der Waals surface area contributed by atoms with Crippen LogP contribution in [0.25, 0.3) is 0 Å². The molecule has 12 heteroatoms. The van der Waals surface area contributed by atoms with Gasteiger partial charge in [0.1, 0.15) is 34.8 Å². The molecule has 10 nitrogen and oxygen atoms in total. The lowest BCUT2D eigenvalue weighted by Gasteiger charge is -2.29. The van der Waals surface area contributed by atoms with Gasteiger partial charge in [-0.3, -0.25) is 14.8 Å². The molecule has 1 aliphatic heterocycles. The van der Waals surface area contributed by atoms with E-state index in [2.05, 4.69) is 10.3 Å². The van der Waals surface area contributed by atoms with Crippen LogP contribution >= 0.6 is 23.2 Å². The zero-order chi connectivity index (χ0) is 24.9. The van der Waals surface area contributed by atoms with Gasteiger partial charge in [-0.05, 0) is 55.2 Å². The van der Waals surface area contributed by atoms with Crippen LogP contribution in [0.1, 0.15) is 30.9 Å². The number of hydrogen-bond acceptors (Lipinski definition) is 7. The van der Waals surface area contributed by atoms with Gasteiger partial charge in [0.05, 0.1) is 5.41 Å². The summed E-state index contributed by atoms with van der Waals surface area (Å²) in [6.45, 7) is 2.16. The Morgan fingerprint density at radius 2 is 1.91 bits per heavy atom. The van der Waals surface area contributed by atoms with Gasteiger partial charge in [-0.2, -0.15) is 0 Å². The predicted molar refractivity (Wildman–Crippen MR) is 120 cm³/mol. The quantitative estimate of drug-likeness (QED) is 0.264. The minimum atomic E-state index is -1.49. The maximum Gasteiger partial charge on any atom is 0.266 e. The fraction of sp³-hybridized carbons (Fsp3) is 0.364. The zero-order valence-corrected chi connectivity index (χ0v) is 19.7. The van der Waals surface area contributed by atoms with E-state index in [0.29, 0.717) is 12.2 Å². The molecule has 3 N–H and O–H groups in total. The number of halogens is 2. The summed E-state index contributed by atoms with van der Waals surface area (Å²) >= 11 is 11.8. The van der Waals surface area contributed by atoms with E-state index in [1.54, 1.807) is 48.8 Å². The van der Waals surface area contributed by atoms with Crippen LogP contribution in [-0.4, -0.2) is 52.1 Å². The number of ether oxygens (including phenoxy) is 1. The number of carbonyl (C=O) groups excluding carboxylic acids is 3. The molecule has 34 heavy (non-hydrogen) atoms. The number of carboxylic acid groups (broad SMARTS) is 1. The van der Waals surface area contributed by atoms with E-state index in [1.807, 2.05) is 0 Å². The van der Waals surface area contributed by atoms with Crippen LogP contribution in [0.15, 0.2) is 36.4 Å². The summed E-state index contributed by atoms with van der Waals surface area (Å²) in [5.74, 6) is -0.522. The molecule has 3 amide bonds. The molecule has 0 radical (unpaired) electrons. The number of rotatable bonds is 9. The highest BCUT2D eigenvalue weighted by Crippen LogP contribution is 2.37. The first-order valence-corrected chi connectivity index (χ1v) is 11.1. The zero-order valence-electron chi connectivity index (χ0n) is 18.2. The van der Waals surface area contributed by atoms with Crippen molar-refractivity contribution in [2.24, 2.45) is 0 Å². The average molecular weight is 510 g/mol. The van der Waals surface area contributed by atoms with E-state index < -0.39 is 23.5 Å². The number of nitrogens with zero attached hydrogens (tertiary/aromatic N) is 2. The first-order chi connectivity index (χ1) is 16.1. The molecule has 0 bridgehead atoms. The summed E-state index contributed by atoms with van der Waals surface area (Å²) in [7, 11) is 0. The fourth-order valence-electron chi connectivity index (χ4n) is 3.93. The van der Waals surface area contributed by atoms with Crippen LogP contribution in [0, 0.1) is 0 Å². The van der Waals surface area contributed by atoms with Gasteiger partial charge in [0.25, 0.3) is 5.91 Å². The standard InChI is InChI=1S/C22H24Cl2N4O6/c1-22(7-9-28(20(22)30)16(19(29)27-33)6-8-25-21(31)32)14-2-4-15(5-3-14)34-12-13-10-17(23)26-18(24)11-13/h2-5,10-11,16,25,33H,6-9,12H2,1H3,(H,27,29)(H,31,32)/p-1. The maximum atomic E-state index is 13.3. The lowest BCUT2D eigenvalue weighted by Crippen LogP contribution is -2.50. The van der Waals surface area contributed by atoms with Gasteiger partial charge < -0.3 is 24.9 Å². The molecule has 2 aromatic rings. The van der Waals surface area contributed by atoms with Crippen LogP contribution in [0.3, 0.4) is 0 Å². The molecule has 1 fully saturated rings. The summed E-state index contributed by atoms with van der Waals surface area (Å²) in [4.78, 5) is 41.3. The highest BCUT2D eigenvalue weighted by molar-refractivity contribution is 6.32. The van der Waals surface area contributed by atoms with E-state index in [-0.39, 0.29) is 42.3 Å². The Labute approximate surface area is 205 Å². The van der Waals surface area contributed by atoms with Crippen molar-refractivity contribution in [3.63, 3.8) is 0 Å². The minimum absolute atomic E-state index is 0.0159. The van der Waals surface area contributed by atoms with Gasteiger partial charge in [0.2, 0.25) is 5.91 Å². The summed E-state index contributed by atoms with van der Waals surface area (Å²) in [6, 6.07) is 9.30. The Morgan fingerprint density at radius 1 is 1.26 bits per heavy atom. The number of hydroxylamine groups is 1. The topological polar surface area (TPSA) is 144 Å². The molecular formula is C22H23Cl2N4O6-. The smallest absolute Gasteiger partial charge is 0.266 e. The van der Waals surface area contributed by atoms with Crippen LogP contribution in [0.2, 0.25) is 10.3 Å². The normalized spacial score (nSPS) is 18.5. The van der Waals surface area contributed by atoms with E-state index in [4.69, 9.17) is 33.1 Å². The summed E-state index contributed by atoms with van der Waals surface area (Å²) in [5.41, 5.74) is 2.14. The number of amides is 3. The van der Waals surface area contributed by atoms with Crippen molar-refractivity contribution in [3.05, 3.63) is 57.8 Å². The molecule has 1 aliphatic rings. The van der Waals surface area contributed by atoms with Crippen LogP contribution in [0.4, 0.5) is 4.79 Å². The number of aromatic nitrogens is 1. The Hall–Kier alpha value is -3.08. The molecule has 1 aromatic carbocycles. The van der Waals surface area contributed by atoms with Crippen molar-refractivity contribution in [1.82, 2.24) is 20.7 Å². The molecular weight excluding hydrogens is 487 g/mol. The fourth-order valence-corrected chi connectivity index (χ4v) is 4.44. The molecule has 1 aromatic heterocycles. The van der Waals surface area contributed by atoms with Gasteiger partial charge in [-0.1, -0.05) is 35.3 Å². The van der Waals surface area contributed by atoms with Crippen LogP contribution in [0.5, 0.6) is 5.75 Å². The minimum Gasteiger partial charge on any atom is -0.530 e. The number of pyridine rings is 1. The Balaban J connectivity index is 1.69. The van der Waals surface area contributed by atoms with Gasteiger partial charge in [-0.15, -0.1) is 0 Å². The van der Waals surface area contributed by atoms with Crippen molar-refractivity contribution in [2.45, 2.75) is 37.8 Å². The molecule has 1 saturated heterocycles. The first kappa shape index (κ1) is 25.5. The Kier molecular flexibility index (Phi) is 8.19. The van der Waals surface area contributed by atoms with E-state index in [1.165, 1.54) is 4.90 Å². The molecule has 2 heterocycles. The lowest BCUT2D eigenvalue weighted by molar-refractivity contribution is -0.250. The molecule has 0 spiro atoms. The van der Waals surface area contributed by atoms with Crippen molar-refractivity contribution >= 4 is 41.1 Å². The van der Waals surface area contributed by atoms with Crippen LogP contribution in [-0.2, 0) is 21.6 Å². The summed E-state index contributed by atoms with van der Waals surface area (Å²) in [6.07, 6.45) is -1.07. The maximum absolute atomic E-state index is 13.3. The van der Waals surface area contributed by atoms with Crippen molar-refractivity contribution < 1.29 is 29.4 Å². The third kappa shape index (κ3) is 5.88. The third-order valence-corrected chi connectivity index (χ3v) is 6.17. The lowest BCUT2D eigenvalue weighted by atomic mass is 9.81. The van der Waals surface area contributed by atoms with Crippen molar-refractivity contribution in [2.75, 3.05) is 13.1 Å². The predicted octanol–water partition coefficient (Wildman–Crippen LogP) is 1.65. The molecule has 182 valence electrons. The van der Waals surface area contributed by atoms with E-state index in [0.717, 1.165) is 11.1 Å². The second kappa shape index (κ2) is 10.9. The van der Waals surface area contributed by atoms with E-state index >= 15 is 0 Å². The van der Waals surface area contributed by atoms with Crippen LogP contribution < -0.4 is 20.6 Å². The van der Waals surface area contributed by atoms with Gasteiger partial charge in [-0.25, -0.2) is 10.5 Å². The second-order valence-electron chi connectivity index (χ2n) is 8.01. The molecule has 3 rings (SSSR count). The van der Waals surface area contributed by atoms with Crippen molar-refractivity contribution in [3.8, 4) is 5.75 Å². The number of benzene rings is 1. The third-order valence-electron chi connectivity index (χ3n) is 5.78. The molecule has 2 unspecified atom stereocenters. The Morgan fingerprint density at radius 3 is 2.50 bits per heavy atom. The molecule has 0 aliphatic carbocycles.